The molecule has 1 aromatic carbocycles. The topological polar surface area (TPSA) is 96.2 Å². The molecule has 1 aliphatic heterocycles. The van der Waals surface area contributed by atoms with E-state index in [4.69, 9.17) is 14.6 Å². The van der Waals surface area contributed by atoms with Crippen molar-refractivity contribution in [2.45, 2.75) is 43.9 Å². The Labute approximate surface area is 121 Å². The fourth-order valence-electron chi connectivity index (χ4n) is 2.84. The number of rotatable bonds is 3. The molecule has 0 amide bonds. The zero-order valence-corrected chi connectivity index (χ0v) is 11.4. The average Bonchev–Trinajstić information content (AvgIpc) is 2.76. The Morgan fingerprint density at radius 1 is 1.24 bits per heavy atom. The van der Waals surface area contributed by atoms with Gasteiger partial charge in [0.1, 0.15) is 24.1 Å². The van der Waals surface area contributed by atoms with Crippen molar-refractivity contribution in [3.05, 3.63) is 29.3 Å². The number of hydrogen-bond acceptors (Lipinski definition) is 6. The molecule has 1 saturated heterocycles. The Balaban J connectivity index is 1.83. The minimum absolute atomic E-state index is 0.0860. The van der Waals surface area contributed by atoms with Crippen molar-refractivity contribution in [1.82, 2.24) is 0 Å². The van der Waals surface area contributed by atoms with Crippen LogP contribution in [0.1, 0.15) is 28.8 Å². The molecule has 0 aromatic heterocycles. The molecule has 1 aromatic rings. The molecule has 3 rings (SSSR count). The summed E-state index contributed by atoms with van der Waals surface area (Å²) in [4.78, 5) is 11.9. The van der Waals surface area contributed by atoms with E-state index in [0.29, 0.717) is 17.7 Å². The minimum Gasteiger partial charge on any atom is -0.462 e. The van der Waals surface area contributed by atoms with Gasteiger partial charge in [-0.05, 0) is 18.9 Å². The quantitative estimate of drug-likeness (QED) is 0.727. The first kappa shape index (κ1) is 14.5. The van der Waals surface area contributed by atoms with Crippen LogP contribution in [-0.4, -0.2) is 52.3 Å². The summed E-state index contributed by atoms with van der Waals surface area (Å²) in [5.74, 6) is 0.568. The zero-order chi connectivity index (χ0) is 15.0. The maximum absolute atomic E-state index is 11.9. The summed E-state index contributed by atoms with van der Waals surface area (Å²) in [6, 6.07) is 5.20. The van der Waals surface area contributed by atoms with Gasteiger partial charge in [0.15, 0.2) is 5.78 Å². The molecular formula is C15H18O6. The second-order valence-corrected chi connectivity index (χ2v) is 5.38. The van der Waals surface area contributed by atoms with Crippen molar-refractivity contribution < 1.29 is 29.6 Å². The molecule has 0 bridgehead atoms. The lowest BCUT2D eigenvalue weighted by molar-refractivity contribution is -0.116. The average molecular weight is 294 g/mol. The highest BCUT2D eigenvalue weighted by Gasteiger charge is 2.44. The van der Waals surface area contributed by atoms with Gasteiger partial charge in [0.25, 0.3) is 0 Å². The molecule has 0 saturated carbocycles. The number of ketones is 1. The third-order valence-electron chi connectivity index (χ3n) is 4.01. The van der Waals surface area contributed by atoms with Crippen LogP contribution in [0.5, 0.6) is 5.75 Å². The van der Waals surface area contributed by atoms with Gasteiger partial charge < -0.3 is 24.8 Å². The number of fused-ring (bicyclic) bond motifs is 1. The number of ether oxygens (including phenoxy) is 2. The van der Waals surface area contributed by atoms with E-state index in [0.717, 1.165) is 18.4 Å². The van der Waals surface area contributed by atoms with Gasteiger partial charge in [-0.15, -0.1) is 0 Å². The lowest BCUT2D eigenvalue weighted by Gasteiger charge is -2.22. The van der Waals surface area contributed by atoms with Gasteiger partial charge in [0.05, 0.1) is 6.61 Å². The first-order valence-corrected chi connectivity index (χ1v) is 7.06. The molecule has 0 spiro atoms. The Hall–Kier alpha value is -1.47. The SMILES string of the molecule is O=C1CCCc2c(O[C@@H]3O[C@H](CO)[C@@H](O)[C@H]3O)cccc21. The van der Waals surface area contributed by atoms with Crippen molar-refractivity contribution in [2.24, 2.45) is 0 Å². The number of carbonyl (C=O) groups is 1. The van der Waals surface area contributed by atoms with Gasteiger partial charge in [0.2, 0.25) is 6.29 Å². The Morgan fingerprint density at radius 3 is 2.76 bits per heavy atom. The highest BCUT2D eigenvalue weighted by Crippen LogP contribution is 2.32. The van der Waals surface area contributed by atoms with Crippen LogP contribution in [0, 0.1) is 0 Å². The van der Waals surface area contributed by atoms with Crippen molar-refractivity contribution in [3.63, 3.8) is 0 Å². The molecule has 0 radical (unpaired) electrons. The van der Waals surface area contributed by atoms with E-state index in [1.807, 2.05) is 0 Å². The van der Waals surface area contributed by atoms with E-state index >= 15 is 0 Å². The molecule has 2 aliphatic rings. The van der Waals surface area contributed by atoms with Crippen LogP contribution in [0.2, 0.25) is 0 Å². The highest BCUT2D eigenvalue weighted by atomic mass is 16.7. The van der Waals surface area contributed by atoms with E-state index < -0.39 is 31.2 Å². The van der Waals surface area contributed by atoms with Crippen LogP contribution in [0.15, 0.2) is 18.2 Å². The predicted octanol–water partition coefficient (Wildman–Crippen LogP) is 0.0234. The van der Waals surface area contributed by atoms with Crippen molar-refractivity contribution in [2.75, 3.05) is 6.61 Å². The fraction of sp³-hybridized carbons (Fsp3) is 0.533. The summed E-state index contributed by atoms with van der Waals surface area (Å²) in [5, 5.41) is 28.7. The zero-order valence-electron chi connectivity index (χ0n) is 11.4. The molecule has 21 heavy (non-hydrogen) atoms. The van der Waals surface area contributed by atoms with Gasteiger partial charge in [-0.25, -0.2) is 0 Å². The van der Waals surface area contributed by atoms with Crippen molar-refractivity contribution in [3.8, 4) is 5.75 Å². The van der Waals surface area contributed by atoms with Crippen LogP contribution in [-0.2, 0) is 11.2 Å². The molecule has 0 unspecified atom stereocenters. The second-order valence-electron chi connectivity index (χ2n) is 5.38. The summed E-state index contributed by atoms with van der Waals surface area (Å²) in [6.07, 6.45) is -2.33. The van der Waals surface area contributed by atoms with Crippen LogP contribution < -0.4 is 4.74 Å². The minimum atomic E-state index is -1.24. The summed E-state index contributed by atoms with van der Waals surface area (Å²) < 4.78 is 10.9. The summed E-state index contributed by atoms with van der Waals surface area (Å²) >= 11 is 0. The first-order valence-electron chi connectivity index (χ1n) is 7.06. The van der Waals surface area contributed by atoms with Crippen LogP contribution in [0.4, 0.5) is 0 Å². The van der Waals surface area contributed by atoms with Gasteiger partial charge in [-0.2, -0.15) is 0 Å². The van der Waals surface area contributed by atoms with E-state index in [2.05, 4.69) is 0 Å². The number of hydrogen-bond donors (Lipinski definition) is 3. The highest BCUT2D eigenvalue weighted by molar-refractivity contribution is 5.99. The molecule has 3 N–H and O–H groups in total. The molecule has 114 valence electrons. The van der Waals surface area contributed by atoms with Crippen molar-refractivity contribution >= 4 is 5.78 Å². The van der Waals surface area contributed by atoms with Gasteiger partial charge in [-0.1, -0.05) is 12.1 Å². The molecule has 6 nitrogen and oxygen atoms in total. The van der Waals surface area contributed by atoms with Gasteiger partial charge >= 0.3 is 0 Å². The number of aliphatic hydroxyl groups excluding tert-OH is 3. The Bertz CT molecular complexity index is 543. The molecule has 6 heteroatoms. The predicted molar refractivity (Wildman–Crippen MR) is 72.1 cm³/mol. The molecule has 1 fully saturated rings. The maximum atomic E-state index is 11.9. The number of carbonyl (C=O) groups excluding carboxylic acids is 1. The van der Waals surface area contributed by atoms with Crippen LogP contribution in [0.3, 0.4) is 0 Å². The third-order valence-corrected chi connectivity index (χ3v) is 4.01. The van der Waals surface area contributed by atoms with Crippen molar-refractivity contribution in [1.29, 1.82) is 0 Å². The van der Waals surface area contributed by atoms with E-state index in [9.17, 15) is 15.0 Å². The summed E-state index contributed by atoms with van der Waals surface area (Å²) in [6.45, 7) is -0.399. The molecule has 4 atom stereocenters. The molecular weight excluding hydrogens is 276 g/mol. The molecule has 1 aliphatic carbocycles. The first-order chi connectivity index (χ1) is 10.1. The maximum Gasteiger partial charge on any atom is 0.229 e. The van der Waals surface area contributed by atoms with E-state index in [-0.39, 0.29) is 5.78 Å². The fourth-order valence-corrected chi connectivity index (χ4v) is 2.84. The second kappa shape index (κ2) is 5.73. The number of aliphatic hydroxyl groups is 3. The largest absolute Gasteiger partial charge is 0.462 e. The third kappa shape index (κ3) is 2.55. The van der Waals surface area contributed by atoms with Gasteiger partial charge in [0, 0.05) is 17.5 Å². The van der Waals surface area contributed by atoms with Gasteiger partial charge in [-0.3, -0.25) is 4.79 Å². The monoisotopic (exact) mass is 294 g/mol. The summed E-state index contributed by atoms with van der Waals surface area (Å²) in [7, 11) is 0. The summed E-state index contributed by atoms with van der Waals surface area (Å²) in [5.41, 5.74) is 1.46. The lowest BCUT2D eigenvalue weighted by Crippen LogP contribution is -2.35. The van der Waals surface area contributed by atoms with E-state index in [1.54, 1.807) is 18.2 Å². The standard InChI is InChI=1S/C15H18O6/c16-7-12-13(18)14(19)15(21-12)20-11-6-2-3-8-9(11)4-1-5-10(8)17/h2-3,6,12-16,18-19H,1,4-5,7H2/t12-,13-,14-,15-/m1/s1. The normalized spacial score (nSPS) is 32.0. The smallest absolute Gasteiger partial charge is 0.229 e. The van der Waals surface area contributed by atoms with Crippen LogP contribution in [0.25, 0.3) is 0 Å². The Morgan fingerprint density at radius 2 is 2.05 bits per heavy atom. The number of Topliss-reactive ketones (excluding diaryl/α,β-unsaturated/α-hetero) is 1. The molecule has 1 heterocycles. The Kier molecular flexibility index (Phi) is 3.95. The lowest BCUT2D eigenvalue weighted by atomic mass is 9.90. The van der Waals surface area contributed by atoms with E-state index in [1.165, 1.54) is 0 Å². The van der Waals surface area contributed by atoms with Crippen LogP contribution >= 0.6 is 0 Å². The number of benzene rings is 1.